The Morgan fingerprint density at radius 1 is 0.393 bits per heavy atom. The minimum atomic E-state index is -0.429. The molecule has 0 aromatic heterocycles. The molecule has 4 N–H and O–H groups in total. The molecule has 12 heteroatoms. The second-order valence-electron chi connectivity index (χ2n) is 12.6. The number of aryl methyl sites for hydroxylation is 1. The lowest BCUT2D eigenvalue weighted by molar-refractivity contribution is -0.115. The van der Waals surface area contributed by atoms with Gasteiger partial charge in [0.25, 0.3) is 11.8 Å². The van der Waals surface area contributed by atoms with Crippen molar-refractivity contribution in [3.05, 3.63) is 150 Å². The number of benzene rings is 6. The largest absolute Gasteiger partial charge is 0.497 e. The van der Waals surface area contributed by atoms with Crippen LogP contribution < -0.4 is 40.2 Å². The number of hydrogen-bond acceptors (Lipinski definition) is 8. The highest BCUT2D eigenvalue weighted by Crippen LogP contribution is 2.32. The first-order chi connectivity index (χ1) is 27.0. The molecule has 12 nitrogen and oxygen atoms in total. The maximum absolute atomic E-state index is 13.6. The Kier molecular flexibility index (Phi) is 11.9. The number of hydrogen-bond donors (Lipinski definition) is 4. The summed E-state index contributed by atoms with van der Waals surface area (Å²) in [5.41, 5.74) is 3.87. The molecule has 56 heavy (non-hydrogen) atoms. The van der Waals surface area contributed by atoms with Crippen molar-refractivity contribution in [1.29, 1.82) is 0 Å². The molecular formula is C44H38N4O8. The fraction of sp³-hybridized carbons (Fsp3) is 0.0909. The van der Waals surface area contributed by atoms with Gasteiger partial charge in [0, 0.05) is 53.8 Å². The summed E-state index contributed by atoms with van der Waals surface area (Å²) in [5.74, 6) is 2.14. The molecule has 0 bridgehead atoms. The monoisotopic (exact) mass is 750 g/mol. The van der Waals surface area contributed by atoms with Crippen LogP contribution in [0.5, 0.6) is 40.2 Å². The van der Waals surface area contributed by atoms with Crippen LogP contribution in [0.3, 0.4) is 0 Å². The number of nitrogens with one attached hydrogen (secondary N) is 4. The summed E-state index contributed by atoms with van der Waals surface area (Å²) in [6.45, 7) is 4.72. The summed E-state index contributed by atoms with van der Waals surface area (Å²) < 4.78 is 23.5. The SMILES string of the molecule is COc1ccc(NC(=O)c2cc(C)cc(Oc3ccc(NC(=O)c4cc(Oc5ccc(NC(C)=O)cc5)cc(Oc5ccc(NC(C)=O)cc5)c4)cc3)c2)cc1. The molecule has 0 aliphatic rings. The van der Waals surface area contributed by atoms with Gasteiger partial charge in [0.05, 0.1) is 7.11 Å². The zero-order valence-corrected chi connectivity index (χ0v) is 31.0. The zero-order chi connectivity index (χ0) is 39.6. The first kappa shape index (κ1) is 38.1. The number of carbonyl (C=O) groups is 4. The van der Waals surface area contributed by atoms with E-state index in [1.165, 1.54) is 13.8 Å². The summed E-state index contributed by atoms with van der Waals surface area (Å²) in [4.78, 5) is 49.5. The van der Waals surface area contributed by atoms with Crippen LogP contribution in [0.15, 0.2) is 133 Å². The molecule has 0 heterocycles. The van der Waals surface area contributed by atoms with E-state index in [-0.39, 0.29) is 23.3 Å². The first-order valence-electron chi connectivity index (χ1n) is 17.4. The molecule has 0 saturated carbocycles. The van der Waals surface area contributed by atoms with Crippen LogP contribution in [-0.4, -0.2) is 30.7 Å². The van der Waals surface area contributed by atoms with E-state index in [4.69, 9.17) is 18.9 Å². The van der Waals surface area contributed by atoms with E-state index in [0.29, 0.717) is 68.6 Å². The third-order valence-corrected chi connectivity index (χ3v) is 7.97. The Labute approximate surface area is 323 Å². The Bertz CT molecular complexity index is 2280. The van der Waals surface area contributed by atoms with Gasteiger partial charge in [-0.15, -0.1) is 0 Å². The summed E-state index contributed by atoms with van der Waals surface area (Å²) >= 11 is 0. The van der Waals surface area contributed by atoms with Crippen LogP contribution in [0.4, 0.5) is 22.7 Å². The maximum Gasteiger partial charge on any atom is 0.255 e. The van der Waals surface area contributed by atoms with Crippen molar-refractivity contribution in [2.24, 2.45) is 0 Å². The second kappa shape index (κ2) is 17.5. The lowest BCUT2D eigenvalue weighted by Gasteiger charge is -2.14. The highest BCUT2D eigenvalue weighted by atomic mass is 16.5. The fourth-order valence-corrected chi connectivity index (χ4v) is 5.47. The molecule has 0 unspecified atom stereocenters. The van der Waals surface area contributed by atoms with Gasteiger partial charge in [0.1, 0.15) is 40.2 Å². The van der Waals surface area contributed by atoms with Crippen LogP contribution in [-0.2, 0) is 9.59 Å². The lowest BCUT2D eigenvalue weighted by atomic mass is 10.1. The van der Waals surface area contributed by atoms with E-state index in [9.17, 15) is 19.2 Å². The molecule has 6 rings (SSSR count). The molecule has 0 aliphatic carbocycles. The molecule has 6 aromatic carbocycles. The molecule has 0 atom stereocenters. The van der Waals surface area contributed by atoms with Gasteiger partial charge in [-0.25, -0.2) is 0 Å². The van der Waals surface area contributed by atoms with E-state index >= 15 is 0 Å². The minimum absolute atomic E-state index is 0.195. The van der Waals surface area contributed by atoms with Crippen LogP contribution in [0.25, 0.3) is 0 Å². The predicted octanol–water partition coefficient (Wildman–Crippen LogP) is 9.80. The van der Waals surface area contributed by atoms with Gasteiger partial charge < -0.3 is 40.2 Å². The first-order valence-corrected chi connectivity index (χ1v) is 17.4. The van der Waals surface area contributed by atoms with Crippen LogP contribution in [0.2, 0.25) is 0 Å². The average Bonchev–Trinajstić information content (AvgIpc) is 3.17. The van der Waals surface area contributed by atoms with Crippen molar-refractivity contribution in [3.8, 4) is 40.2 Å². The molecule has 0 radical (unpaired) electrons. The van der Waals surface area contributed by atoms with E-state index in [2.05, 4.69) is 21.3 Å². The van der Waals surface area contributed by atoms with E-state index in [1.54, 1.807) is 135 Å². The number of methoxy groups -OCH3 is 1. The van der Waals surface area contributed by atoms with Gasteiger partial charge in [-0.05, 0) is 140 Å². The molecule has 282 valence electrons. The number of ether oxygens (including phenoxy) is 4. The standard InChI is InChI=1S/C44H38N4O8/c1-27-21-30(43(51)47-34-5-13-36(53-4)14-6-34)23-40(22-27)54-37-19-11-35(12-20-37)48-44(52)31-24-41(55-38-15-7-32(8-16-38)45-28(2)49)26-42(25-31)56-39-17-9-33(10-18-39)46-29(3)50/h5-26H,1-4H3,(H,45,49)(H,46,50)(H,47,51)(H,48,52). The number of anilines is 4. The number of carbonyl (C=O) groups excluding carboxylic acids is 4. The lowest BCUT2D eigenvalue weighted by Crippen LogP contribution is -2.12. The predicted molar refractivity (Wildman–Crippen MR) is 215 cm³/mol. The van der Waals surface area contributed by atoms with Gasteiger partial charge >= 0.3 is 0 Å². The Morgan fingerprint density at radius 2 is 0.714 bits per heavy atom. The van der Waals surface area contributed by atoms with E-state index < -0.39 is 5.91 Å². The summed E-state index contributed by atoms with van der Waals surface area (Å²) in [7, 11) is 1.58. The molecule has 6 aromatic rings. The Hall–Kier alpha value is -7.60. The highest BCUT2D eigenvalue weighted by Gasteiger charge is 2.14. The average molecular weight is 751 g/mol. The number of amides is 4. The van der Waals surface area contributed by atoms with Crippen molar-refractivity contribution < 1.29 is 38.1 Å². The summed E-state index contributed by atoms with van der Waals surface area (Å²) in [6, 6.07) is 37.5. The van der Waals surface area contributed by atoms with Crippen LogP contribution >= 0.6 is 0 Å². The molecular weight excluding hydrogens is 713 g/mol. The Morgan fingerprint density at radius 3 is 1.07 bits per heavy atom. The second-order valence-corrected chi connectivity index (χ2v) is 12.6. The molecule has 0 fully saturated rings. The smallest absolute Gasteiger partial charge is 0.255 e. The fourth-order valence-electron chi connectivity index (χ4n) is 5.47. The minimum Gasteiger partial charge on any atom is -0.497 e. The highest BCUT2D eigenvalue weighted by molar-refractivity contribution is 6.05. The molecule has 0 aliphatic heterocycles. The van der Waals surface area contributed by atoms with Crippen molar-refractivity contribution in [2.75, 3.05) is 28.4 Å². The zero-order valence-electron chi connectivity index (χ0n) is 31.0. The van der Waals surface area contributed by atoms with Crippen molar-refractivity contribution in [1.82, 2.24) is 0 Å². The Balaban J connectivity index is 1.16. The van der Waals surface area contributed by atoms with Crippen molar-refractivity contribution >= 4 is 46.4 Å². The van der Waals surface area contributed by atoms with Gasteiger partial charge in [-0.2, -0.15) is 0 Å². The van der Waals surface area contributed by atoms with Gasteiger partial charge in [-0.3, -0.25) is 19.2 Å². The van der Waals surface area contributed by atoms with Crippen molar-refractivity contribution in [2.45, 2.75) is 20.8 Å². The summed E-state index contributed by atoms with van der Waals surface area (Å²) in [6.07, 6.45) is 0. The molecule has 4 amide bonds. The third kappa shape index (κ3) is 10.7. The maximum atomic E-state index is 13.6. The third-order valence-electron chi connectivity index (χ3n) is 7.97. The topological polar surface area (TPSA) is 153 Å². The van der Waals surface area contributed by atoms with Crippen molar-refractivity contribution in [3.63, 3.8) is 0 Å². The molecule has 0 saturated heterocycles. The van der Waals surface area contributed by atoms with Crippen LogP contribution in [0, 0.1) is 6.92 Å². The van der Waals surface area contributed by atoms with E-state index in [1.807, 2.05) is 13.0 Å². The van der Waals surface area contributed by atoms with Gasteiger partial charge in [-0.1, -0.05) is 0 Å². The quantitative estimate of drug-likeness (QED) is 0.0910. The normalized spacial score (nSPS) is 10.4. The molecule has 0 spiro atoms. The van der Waals surface area contributed by atoms with Gasteiger partial charge in [0.15, 0.2) is 0 Å². The van der Waals surface area contributed by atoms with Crippen LogP contribution in [0.1, 0.15) is 40.1 Å². The summed E-state index contributed by atoms with van der Waals surface area (Å²) in [5, 5.41) is 11.2. The van der Waals surface area contributed by atoms with Gasteiger partial charge in [0.2, 0.25) is 11.8 Å². The van der Waals surface area contributed by atoms with E-state index in [0.717, 1.165) is 5.56 Å². The number of rotatable bonds is 13.